The number of thiophene rings is 2. The van der Waals surface area contributed by atoms with E-state index in [1.165, 1.54) is 17.4 Å². The van der Waals surface area contributed by atoms with Crippen LogP contribution in [-0.4, -0.2) is 23.7 Å². The van der Waals surface area contributed by atoms with Crippen molar-refractivity contribution in [3.8, 4) is 0 Å². The van der Waals surface area contributed by atoms with Crippen molar-refractivity contribution >= 4 is 57.8 Å². The first-order valence-corrected chi connectivity index (χ1v) is 7.84. The van der Waals surface area contributed by atoms with Gasteiger partial charge in [0.05, 0.1) is 22.1 Å². The molecule has 8 heteroatoms. The Morgan fingerprint density at radius 3 is 2.45 bits per heavy atom. The van der Waals surface area contributed by atoms with E-state index in [-0.39, 0.29) is 15.9 Å². The van der Waals surface area contributed by atoms with Crippen molar-refractivity contribution in [2.75, 3.05) is 6.61 Å². The van der Waals surface area contributed by atoms with Gasteiger partial charge >= 0.3 is 11.9 Å². The smallest absolute Gasteiger partial charge is 0.338 e. The summed E-state index contributed by atoms with van der Waals surface area (Å²) in [5.74, 6) is -1.28. The number of carboxylic acids is 1. The molecule has 0 atom stereocenters. The van der Waals surface area contributed by atoms with Crippen LogP contribution in [0.5, 0.6) is 0 Å². The van der Waals surface area contributed by atoms with Crippen molar-refractivity contribution in [3.05, 3.63) is 42.7 Å². The third-order valence-electron chi connectivity index (χ3n) is 1.92. The van der Waals surface area contributed by atoms with Crippen molar-refractivity contribution in [2.45, 2.75) is 6.92 Å². The minimum absolute atomic E-state index is 0.0664. The van der Waals surface area contributed by atoms with Crippen LogP contribution in [0.4, 0.5) is 0 Å². The van der Waals surface area contributed by atoms with Gasteiger partial charge in [-0.1, -0.05) is 23.2 Å². The summed E-state index contributed by atoms with van der Waals surface area (Å²) in [4.78, 5) is 21.2. The molecule has 1 N–H and O–H groups in total. The van der Waals surface area contributed by atoms with Gasteiger partial charge in [-0.2, -0.15) is 11.3 Å². The van der Waals surface area contributed by atoms with E-state index in [9.17, 15) is 9.59 Å². The molecule has 0 saturated carbocycles. The van der Waals surface area contributed by atoms with Crippen molar-refractivity contribution in [1.82, 2.24) is 0 Å². The number of esters is 1. The fourth-order valence-corrected chi connectivity index (χ4v) is 3.15. The molecule has 0 saturated heterocycles. The molecule has 0 unspecified atom stereocenters. The van der Waals surface area contributed by atoms with Crippen LogP contribution in [0, 0.1) is 0 Å². The van der Waals surface area contributed by atoms with Gasteiger partial charge in [0.2, 0.25) is 0 Å². The summed E-state index contributed by atoms with van der Waals surface area (Å²) in [6, 6.07) is 3.08. The summed E-state index contributed by atoms with van der Waals surface area (Å²) in [6.07, 6.45) is 0. The number of ether oxygens (including phenoxy) is 1. The van der Waals surface area contributed by atoms with Crippen LogP contribution in [0.2, 0.25) is 8.67 Å². The van der Waals surface area contributed by atoms with Gasteiger partial charge in [-0.05, 0) is 24.4 Å². The predicted molar refractivity (Wildman–Crippen MR) is 81.6 cm³/mol. The van der Waals surface area contributed by atoms with Gasteiger partial charge in [-0.15, -0.1) is 11.3 Å². The van der Waals surface area contributed by atoms with Crippen LogP contribution in [0.15, 0.2) is 22.9 Å². The third-order valence-corrected chi connectivity index (χ3v) is 4.09. The lowest BCUT2D eigenvalue weighted by Crippen LogP contribution is -2.02. The molecule has 2 rings (SSSR count). The standard InChI is InChI=1S/C7H8O2S.C5H2Cl2O2S/c1-2-9-7(8)6-3-4-10-5-6;6-3-1-2(5(8)9)4(7)10-3/h3-5H,2H2,1H3;1H,(H,8,9). The second kappa shape index (κ2) is 8.26. The molecular formula is C12H10Cl2O4S2. The molecule has 2 aromatic heterocycles. The van der Waals surface area contributed by atoms with E-state index in [1.807, 2.05) is 5.38 Å². The Labute approximate surface area is 133 Å². The molecule has 0 spiro atoms. The zero-order valence-electron chi connectivity index (χ0n) is 10.3. The van der Waals surface area contributed by atoms with E-state index in [0.29, 0.717) is 16.5 Å². The molecule has 2 heterocycles. The third kappa shape index (κ3) is 5.13. The van der Waals surface area contributed by atoms with E-state index in [4.69, 9.17) is 33.0 Å². The zero-order chi connectivity index (χ0) is 15.1. The van der Waals surface area contributed by atoms with Crippen LogP contribution >= 0.6 is 45.9 Å². The highest BCUT2D eigenvalue weighted by Crippen LogP contribution is 2.30. The van der Waals surface area contributed by atoms with Gasteiger partial charge < -0.3 is 9.84 Å². The largest absolute Gasteiger partial charge is 0.478 e. The van der Waals surface area contributed by atoms with Crippen LogP contribution in [-0.2, 0) is 4.74 Å². The minimum Gasteiger partial charge on any atom is -0.478 e. The lowest BCUT2D eigenvalue weighted by atomic mass is 10.3. The molecule has 0 amide bonds. The highest BCUT2D eigenvalue weighted by Gasteiger charge is 2.11. The van der Waals surface area contributed by atoms with E-state index < -0.39 is 5.97 Å². The number of halogens is 2. The molecule has 0 radical (unpaired) electrons. The molecule has 0 aliphatic rings. The molecular weight excluding hydrogens is 343 g/mol. The van der Waals surface area contributed by atoms with Gasteiger partial charge in [0, 0.05) is 5.38 Å². The lowest BCUT2D eigenvalue weighted by molar-refractivity contribution is 0.0526. The Kier molecular flexibility index (Phi) is 7.01. The van der Waals surface area contributed by atoms with Gasteiger partial charge in [-0.25, -0.2) is 9.59 Å². The maximum Gasteiger partial charge on any atom is 0.338 e. The molecule has 0 aliphatic heterocycles. The van der Waals surface area contributed by atoms with E-state index in [2.05, 4.69) is 0 Å². The van der Waals surface area contributed by atoms with Gasteiger partial charge in [0.25, 0.3) is 0 Å². The first kappa shape index (κ1) is 17.0. The second-order valence-corrected chi connectivity index (χ2v) is 6.34. The fraction of sp³-hybridized carbons (Fsp3) is 0.167. The monoisotopic (exact) mass is 352 g/mol. The average molecular weight is 353 g/mol. The summed E-state index contributed by atoms with van der Waals surface area (Å²) in [7, 11) is 0. The number of carbonyl (C=O) groups is 2. The maximum absolute atomic E-state index is 10.9. The number of aromatic carboxylic acids is 1. The van der Waals surface area contributed by atoms with Crippen LogP contribution in [0.25, 0.3) is 0 Å². The normalized spacial score (nSPS) is 9.55. The Balaban J connectivity index is 0.000000200. The Morgan fingerprint density at radius 1 is 1.40 bits per heavy atom. The lowest BCUT2D eigenvalue weighted by Gasteiger charge is -1.95. The predicted octanol–water partition coefficient (Wildman–Crippen LogP) is 4.68. The molecule has 4 nitrogen and oxygen atoms in total. The topological polar surface area (TPSA) is 63.6 Å². The van der Waals surface area contributed by atoms with Crippen molar-refractivity contribution in [3.63, 3.8) is 0 Å². The maximum atomic E-state index is 10.9. The summed E-state index contributed by atoms with van der Waals surface area (Å²) >= 11 is 13.5. The quantitative estimate of drug-likeness (QED) is 0.814. The number of hydrogen-bond acceptors (Lipinski definition) is 5. The van der Waals surface area contributed by atoms with E-state index in [1.54, 1.807) is 18.4 Å². The minimum atomic E-state index is -1.05. The van der Waals surface area contributed by atoms with Crippen LogP contribution < -0.4 is 0 Å². The summed E-state index contributed by atoms with van der Waals surface area (Å²) in [6.45, 7) is 2.24. The van der Waals surface area contributed by atoms with Crippen LogP contribution in [0.3, 0.4) is 0 Å². The van der Waals surface area contributed by atoms with Crippen molar-refractivity contribution in [2.24, 2.45) is 0 Å². The summed E-state index contributed by atoms with van der Waals surface area (Å²) in [5, 5.41) is 12.1. The number of carbonyl (C=O) groups excluding carboxylic acids is 1. The average Bonchev–Trinajstić information content (AvgIpc) is 2.99. The summed E-state index contributed by atoms with van der Waals surface area (Å²) < 4.78 is 5.37. The molecule has 0 aliphatic carbocycles. The molecule has 108 valence electrons. The molecule has 2 aromatic rings. The zero-order valence-corrected chi connectivity index (χ0v) is 13.4. The Morgan fingerprint density at radius 2 is 2.10 bits per heavy atom. The SMILES string of the molecule is CCOC(=O)c1ccsc1.O=C(O)c1cc(Cl)sc1Cl. The van der Waals surface area contributed by atoms with Gasteiger partial charge in [0.1, 0.15) is 4.34 Å². The number of rotatable bonds is 3. The first-order chi connectivity index (χ1) is 9.45. The Bertz CT molecular complexity index is 578. The van der Waals surface area contributed by atoms with E-state index in [0.717, 1.165) is 11.3 Å². The number of hydrogen-bond donors (Lipinski definition) is 1. The second-order valence-electron chi connectivity index (χ2n) is 3.28. The highest BCUT2D eigenvalue weighted by atomic mass is 35.5. The molecule has 0 bridgehead atoms. The van der Waals surface area contributed by atoms with Crippen LogP contribution in [0.1, 0.15) is 27.6 Å². The van der Waals surface area contributed by atoms with Crippen molar-refractivity contribution in [1.29, 1.82) is 0 Å². The first-order valence-electron chi connectivity index (χ1n) is 5.33. The van der Waals surface area contributed by atoms with Gasteiger partial charge in [-0.3, -0.25) is 0 Å². The number of carboxylic acid groups (broad SMARTS) is 1. The molecule has 20 heavy (non-hydrogen) atoms. The Hall–Kier alpha value is -1.08. The molecule has 0 fully saturated rings. The van der Waals surface area contributed by atoms with Crippen molar-refractivity contribution < 1.29 is 19.4 Å². The highest BCUT2D eigenvalue weighted by molar-refractivity contribution is 7.20. The van der Waals surface area contributed by atoms with Gasteiger partial charge in [0.15, 0.2) is 0 Å². The molecule has 0 aromatic carbocycles. The fourth-order valence-electron chi connectivity index (χ4n) is 1.08. The summed E-state index contributed by atoms with van der Waals surface area (Å²) in [5.41, 5.74) is 0.712. The van der Waals surface area contributed by atoms with E-state index >= 15 is 0 Å².